The highest BCUT2D eigenvalue weighted by atomic mass is 32.2. The van der Waals surface area contributed by atoms with E-state index in [0.29, 0.717) is 18.7 Å². The summed E-state index contributed by atoms with van der Waals surface area (Å²) >= 11 is 0. The Hall–Kier alpha value is -2.58. The molecule has 1 atom stereocenters. The van der Waals surface area contributed by atoms with Crippen LogP contribution < -0.4 is 0 Å². The van der Waals surface area contributed by atoms with Gasteiger partial charge in [-0.15, -0.1) is 0 Å². The van der Waals surface area contributed by atoms with Crippen molar-refractivity contribution >= 4 is 10.0 Å². The molecule has 0 radical (unpaired) electrons. The summed E-state index contributed by atoms with van der Waals surface area (Å²) in [5.74, 6) is -0.654. The molecule has 0 aliphatic carbocycles. The molecule has 0 saturated heterocycles. The fraction of sp³-hybridized carbons (Fsp3) is 0.286. The van der Waals surface area contributed by atoms with Crippen LogP contribution in [0.1, 0.15) is 29.8 Å². The molecule has 0 fully saturated rings. The normalized spacial score (nSPS) is 15.9. The maximum Gasteiger partial charge on any atom is 0.211 e. The number of sulfonamides is 1. The van der Waals surface area contributed by atoms with E-state index in [-0.39, 0.29) is 24.2 Å². The molecule has 0 bridgehead atoms. The lowest BCUT2D eigenvalue weighted by atomic mass is 10.0. The predicted octanol–water partition coefficient (Wildman–Crippen LogP) is 3.76. The molecule has 1 aliphatic heterocycles. The number of rotatable bonds is 4. The average molecular weight is 417 g/mol. The topological polar surface area (TPSA) is 55.2 Å². The van der Waals surface area contributed by atoms with E-state index >= 15 is 0 Å². The van der Waals surface area contributed by atoms with Gasteiger partial charge in [0.05, 0.1) is 18.0 Å². The van der Waals surface area contributed by atoms with Gasteiger partial charge in [-0.1, -0.05) is 12.1 Å². The molecular formula is C21H21F2N3O2S. The first kappa shape index (κ1) is 19.7. The third-order valence-electron chi connectivity index (χ3n) is 5.36. The molecule has 0 N–H and O–H groups in total. The Morgan fingerprint density at radius 1 is 1.00 bits per heavy atom. The average Bonchev–Trinajstić information content (AvgIpc) is 3.07. The second kappa shape index (κ2) is 7.35. The van der Waals surface area contributed by atoms with E-state index in [1.807, 2.05) is 11.6 Å². The van der Waals surface area contributed by atoms with Gasteiger partial charge >= 0.3 is 0 Å². The van der Waals surface area contributed by atoms with Crippen molar-refractivity contribution in [1.29, 1.82) is 0 Å². The molecular weight excluding hydrogens is 396 g/mol. The third-order valence-corrected chi connectivity index (χ3v) is 6.61. The van der Waals surface area contributed by atoms with Crippen LogP contribution in [0.2, 0.25) is 0 Å². The predicted molar refractivity (Wildman–Crippen MR) is 107 cm³/mol. The van der Waals surface area contributed by atoms with Crippen LogP contribution in [-0.2, 0) is 23.0 Å². The van der Waals surface area contributed by atoms with Gasteiger partial charge in [0.1, 0.15) is 11.6 Å². The second-order valence-corrected chi connectivity index (χ2v) is 9.28. The lowest BCUT2D eigenvalue weighted by Crippen LogP contribution is -2.35. The first-order valence-corrected chi connectivity index (χ1v) is 11.2. The molecule has 1 aliphatic rings. The van der Waals surface area contributed by atoms with Gasteiger partial charge < -0.3 is 0 Å². The lowest BCUT2D eigenvalue weighted by Gasteiger charge is -2.26. The number of hydrogen-bond acceptors (Lipinski definition) is 3. The maximum absolute atomic E-state index is 13.4. The summed E-state index contributed by atoms with van der Waals surface area (Å²) in [7, 11) is -3.35. The minimum absolute atomic E-state index is 0.164. The maximum atomic E-state index is 13.4. The number of aromatic nitrogens is 2. The molecule has 29 heavy (non-hydrogen) atoms. The molecule has 1 aromatic heterocycles. The molecule has 0 amide bonds. The summed E-state index contributed by atoms with van der Waals surface area (Å²) < 4.78 is 54.2. The van der Waals surface area contributed by atoms with Gasteiger partial charge in [-0.2, -0.15) is 9.40 Å². The summed E-state index contributed by atoms with van der Waals surface area (Å²) in [4.78, 5) is 0. The molecule has 0 saturated carbocycles. The third kappa shape index (κ3) is 3.82. The zero-order valence-corrected chi connectivity index (χ0v) is 17.0. The Labute approximate surface area is 168 Å². The molecule has 152 valence electrons. The van der Waals surface area contributed by atoms with E-state index in [0.717, 1.165) is 22.4 Å². The van der Waals surface area contributed by atoms with Crippen LogP contribution in [0.15, 0.2) is 48.5 Å². The molecule has 5 nitrogen and oxygen atoms in total. The first-order valence-electron chi connectivity index (χ1n) is 9.31. The molecule has 8 heteroatoms. The van der Waals surface area contributed by atoms with E-state index in [4.69, 9.17) is 5.10 Å². The minimum atomic E-state index is -3.35. The number of hydrogen-bond donors (Lipinski definition) is 0. The van der Waals surface area contributed by atoms with Gasteiger partial charge in [0.2, 0.25) is 10.0 Å². The fourth-order valence-corrected chi connectivity index (χ4v) is 4.53. The summed E-state index contributed by atoms with van der Waals surface area (Å²) in [6.07, 6.45) is 1.71. The van der Waals surface area contributed by atoms with Crippen LogP contribution >= 0.6 is 0 Å². The van der Waals surface area contributed by atoms with Crippen molar-refractivity contribution in [2.24, 2.45) is 0 Å². The zero-order valence-electron chi connectivity index (χ0n) is 16.1. The fourth-order valence-electron chi connectivity index (χ4n) is 3.75. The summed E-state index contributed by atoms with van der Waals surface area (Å²) in [6.45, 7) is 2.56. The van der Waals surface area contributed by atoms with Crippen LogP contribution in [0, 0.1) is 11.6 Å². The number of benzene rings is 2. The molecule has 0 spiro atoms. The van der Waals surface area contributed by atoms with E-state index in [2.05, 4.69) is 0 Å². The van der Waals surface area contributed by atoms with Gasteiger partial charge in [0.15, 0.2) is 0 Å². The highest BCUT2D eigenvalue weighted by Gasteiger charge is 2.31. The van der Waals surface area contributed by atoms with Crippen molar-refractivity contribution in [3.8, 4) is 11.3 Å². The van der Waals surface area contributed by atoms with Gasteiger partial charge in [0.25, 0.3) is 0 Å². The van der Waals surface area contributed by atoms with E-state index in [1.54, 1.807) is 24.3 Å². The zero-order chi connectivity index (χ0) is 20.8. The Balaban J connectivity index is 1.83. The summed E-state index contributed by atoms with van der Waals surface area (Å²) in [5, 5.41) is 4.79. The van der Waals surface area contributed by atoms with E-state index < -0.39 is 10.0 Å². The van der Waals surface area contributed by atoms with Crippen molar-refractivity contribution in [2.45, 2.75) is 25.9 Å². The smallest absolute Gasteiger partial charge is 0.211 e. The quantitative estimate of drug-likeness (QED) is 0.650. The first-order chi connectivity index (χ1) is 13.7. The van der Waals surface area contributed by atoms with Crippen LogP contribution in [-0.4, -0.2) is 35.3 Å². The van der Waals surface area contributed by atoms with Gasteiger partial charge in [-0.3, -0.25) is 4.68 Å². The Kier molecular flexibility index (Phi) is 5.00. The van der Waals surface area contributed by atoms with Crippen LogP contribution in [0.3, 0.4) is 0 Å². The van der Waals surface area contributed by atoms with Crippen molar-refractivity contribution in [1.82, 2.24) is 14.1 Å². The largest absolute Gasteiger partial charge is 0.261 e. The highest BCUT2D eigenvalue weighted by molar-refractivity contribution is 7.88. The summed E-state index contributed by atoms with van der Waals surface area (Å²) in [5.41, 5.74) is 4.03. The van der Waals surface area contributed by atoms with Crippen molar-refractivity contribution in [3.05, 3.63) is 77.0 Å². The van der Waals surface area contributed by atoms with E-state index in [1.165, 1.54) is 34.8 Å². The molecule has 2 aromatic carbocycles. The molecule has 4 rings (SSSR count). The van der Waals surface area contributed by atoms with Crippen LogP contribution in [0.5, 0.6) is 0 Å². The Morgan fingerprint density at radius 3 is 2.17 bits per heavy atom. The second-order valence-electron chi connectivity index (χ2n) is 7.30. The van der Waals surface area contributed by atoms with Gasteiger partial charge in [0, 0.05) is 36.3 Å². The SMILES string of the molecule is C[C@@H](c1ccc(F)cc1)n1nc(-c2ccc(F)cc2)c2c1CCN(S(C)(=O)=O)C2. The van der Waals surface area contributed by atoms with Crippen molar-refractivity contribution in [3.63, 3.8) is 0 Å². The van der Waals surface area contributed by atoms with E-state index in [9.17, 15) is 17.2 Å². The highest BCUT2D eigenvalue weighted by Crippen LogP contribution is 2.34. The standard InChI is InChI=1S/C21H21F2N3O2S/c1-14(15-3-7-17(22)8-4-15)26-20-11-12-25(29(2,27)28)13-19(20)21(24-26)16-5-9-18(23)10-6-16/h3-10,14H,11-13H2,1-2H3/t14-/m0/s1. The van der Waals surface area contributed by atoms with Crippen molar-refractivity contribution in [2.75, 3.05) is 12.8 Å². The van der Waals surface area contributed by atoms with Crippen molar-refractivity contribution < 1.29 is 17.2 Å². The number of nitrogens with zero attached hydrogens (tertiary/aromatic N) is 3. The number of halogens is 2. The molecule has 3 aromatic rings. The summed E-state index contributed by atoms with van der Waals surface area (Å²) in [6, 6.07) is 12.1. The molecule has 2 heterocycles. The monoisotopic (exact) mass is 417 g/mol. The van der Waals surface area contributed by atoms with Crippen LogP contribution in [0.25, 0.3) is 11.3 Å². The van der Waals surface area contributed by atoms with Crippen LogP contribution in [0.4, 0.5) is 8.78 Å². The molecule has 0 unspecified atom stereocenters. The van der Waals surface area contributed by atoms with Gasteiger partial charge in [-0.05, 0) is 48.9 Å². The Bertz CT molecular complexity index is 1140. The Morgan fingerprint density at radius 2 is 1.59 bits per heavy atom. The number of fused-ring (bicyclic) bond motifs is 1. The minimum Gasteiger partial charge on any atom is -0.261 e. The van der Waals surface area contributed by atoms with Gasteiger partial charge in [-0.25, -0.2) is 17.2 Å². The lowest BCUT2D eigenvalue weighted by molar-refractivity contribution is 0.384.